The molecule has 0 aromatic heterocycles. The van der Waals surface area contributed by atoms with Crippen LogP contribution in [-0.4, -0.2) is 23.3 Å². The molecule has 0 aliphatic carbocycles. The average Bonchev–Trinajstić information content (AvgIpc) is 2.04. The lowest BCUT2D eigenvalue weighted by molar-refractivity contribution is 0.0648. The summed E-state index contributed by atoms with van der Waals surface area (Å²) in [6.07, 6.45) is 0. The quantitative estimate of drug-likeness (QED) is 0.418. The molecule has 0 unspecified atom stereocenters. The third-order valence-corrected chi connectivity index (χ3v) is 1.36. The largest absolute Gasteiger partial charge is 0.709 e. The van der Waals surface area contributed by atoms with Gasteiger partial charge in [-0.1, -0.05) is 0 Å². The van der Waals surface area contributed by atoms with Crippen molar-refractivity contribution in [3.63, 3.8) is 0 Å². The van der Waals surface area contributed by atoms with Crippen LogP contribution in [0.2, 0.25) is 0 Å². The van der Waals surface area contributed by atoms with E-state index in [9.17, 15) is 4.79 Å². The first-order valence-electron chi connectivity index (χ1n) is 3.52. The summed E-state index contributed by atoms with van der Waals surface area (Å²) in [5.74, 6) is -0.810. The molecule has 68 valence electrons. The minimum atomic E-state index is -2.09. The molecule has 0 saturated heterocycles. The van der Waals surface area contributed by atoms with E-state index < -0.39 is 13.3 Å². The van der Waals surface area contributed by atoms with Gasteiger partial charge in [0.15, 0.2) is 0 Å². The molecule has 1 rings (SSSR count). The van der Waals surface area contributed by atoms with E-state index in [1.54, 1.807) is 0 Å². The first-order chi connectivity index (χ1) is 6.09. The Kier molecular flexibility index (Phi) is 2.89. The van der Waals surface area contributed by atoms with Crippen LogP contribution in [0.25, 0.3) is 0 Å². The maximum Gasteiger partial charge on any atom is 0.709 e. The van der Waals surface area contributed by atoms with Crippen LogP contribution in [0.15, 0.2) is 24.3 Å². The van der Waals surface area contributed by atoms with Crippen molar-refractivity contribution in [2.75, 3.05) is 5.73 Å². The summed E-state index contributed by atoms with van der Waals surface area (Å²) >= 11 is 0. The van der Waals surface area contributed by atoms with Gasteiger partial charge in [-0.25, -0.2) is 4.79 Å². The zero-order chi connectivity index (χ0) is 9.84. The summed E-state index contributed by atoms with van der Waals surface area (Å²) in [4.78, 5) is 11.0. The Hall–Kier alpha value is -1.53. The highest BCUT2D eigenvalue weighted by molar-refractivity contribution is 6.36. The van der Waals surface area contributed by atoms with E-state index in [-0.39, 0.29) is 5.56 Å². The van der Waals surface area contributed by atoms with Crippen LogP contribution in [0.5, 0.6) is 0 Å². The van der Waals surface area contributed by atoms with Crippen molar-refractivity contribution < 1.29 is 19.5 Å². The fraction of sp³-hybridized carbons (Fsp3) is 0. The number of hydrogen-bond acceptors (Lipinski definition) is 5. The van der Waals surface area contributed by atoms with E-state index in [1.807, 2.05) is 0 Å². The Morgan fingerprint density at radius 1 is 1.31 bits per heavy atom. The molecule has 4 N–H and O–H groups in total. The van der Waals surface area contributed by atoms with Crippen molar-refractivity contribution >= 4 is 19.0 Å². The number of carbonyl (C=O) groups is 1. The van der Waals surface area contributed by atoms with Gasteiger partial charge in [-0.15, -0.1) is 0 Å². The number of benzene rings is 1. The molecule has 6 heteroatoms. The maximum atomic E-state index is 11.0. The van der Waals surface area contributed by atoms with Gasteiger partial charge in [0.1, 0.15) is 0 Å². The van der Waals surface area contributed by atoms with E-state index in [1.165, 1.54) is 24.3 Å². The number of anilines is 1. The lowest BCUT2D eigenvalue weighted by Gasteiger charge is -2.02. The topological polar surface area (TPSA) is 92.8 Å². The predicted molar refractivity (Wildman–Crippen MR) is 46.5 cm³/mol. The van der Waals surface area contributed by atoms with Gasteiger partial charge in [-0.3, -0.25) is 0 Å². The molecule has 0 radical (unpaired) electrons. The molecule has 0 aliphatic heterocycles. The molecule has 0 fully saturated rings. The van der Waals surface area contributed by atoms with Gasteiger partial charge in [-0.05, 0) is 24.3 Å². The monoisotopic (exact) mass is 181 g/mol. The predicted octanol–water partition coefficient (Wildman–Crippen LogP) is -0.605. The standard InChI is InChI=1S/C7H8BNO4/c9-6-3-1-5(2-4-6)7(10)13-8(11)12/h1-4,11-12H,9H2. The first kappa shape index (κ1) is 9.56. The Morgan fingerprint density at radius 3 is 2.31 bits per heavy atom. The van der Waals surface area contributed by atoms with Crippen LogP contribution in [0, 0.1) is 0 Å². The Bertz CT molecular complexity index is 298. The Labute approximate surface area is 74.9 Å². The van der Waals surface area contributed by atoms with E-state index in [0.717, 1.165) is 0 Å². The highest BCUT2D eigenvalue weighted by Crippen LogP contribution is 2.06. The minimum absolute atomic E-state index is 0.210. The van der Waals surface area contributed by atoms with Crippen LogP contribution in [-0.2, 0) is 4.65 Å². The van der Waals surface area contributed by atoms with Crippen molar-refractivity contribution in [1.29, 1.82) is 0 Å². The fourth-order valence-electron chi connectivity index (χ4n) is 0.783. The number of carbonyl (C=O) groups excluding carboxylic acids is 1. The van der Waals surface area contributed by atoms with E-state index >= 15 is 0 Å². The van der Waals surface area contributed by atoms with Crippen molar-refractivity contribution in [3.8, 4) is 0 Å². The van der Waals surface area contributed by atoms with Gasteiger partial charge in [0.2, 0.25) is 0 Å². The first-order valence-corrected chi connectivity index (χ1v) is 3.52. The molecule has 0 saturated carbocycles. The average molecular weight is 181 g/mol. The van der Waals surface area contributed by atoms with Gasteiger partial charge < -0.3 is 20.4 Å². The molecule has 0 bridgehead atoms. The lowest BCUT2D eigenvalue weighted by atomic mass is 10.2. The van der Waals surface area contributed by atoms with Gasteiger partial charge in [-0.2, -0.15) is 0 Å². The zero-order valence-electron chi connectivity index (χ0n) is 6.68. The molecule has 0 atom stereocenters. The maximum absolute atomic E-state index is 11.0. The molecule has 1 aromatic carbocycles. The molecule has 0 amide bonds. The number of hydrogen-bond donors (Lipinski definition) is 3. The van der Waals surface area contributed by atoms with Crippen molar-refractivity contribution in [3.05, 3.63) is 29.8 Å². The van der Waals surface area contributed by atoms with Gasteiger partial charge in [0.25, 0.3) is 0 Å². The van der Waals surface area contributed by atoms with Crippen LogP contribution in [0.1, 0.15) is 10.4 Å². The number of nitrogen functional groups attached to an aromatic ring is 1. The van der Waals surface area contributed by atoms with Crippen LogP contribution in [0.3, 0.4) is 0 Å². The van der Waals surface area contributed by atoms with Gasteiger partial charge in [0, 0.05) is 5.69 Å². The van der Waals surface area contributed by atoms with E-state index in [0.29, 0.717) is 5.69 Å². The molecule has 5 nitrogen and oxygen atoms in total. The second kappa shape index (κ2) is 3.93. The molecular weight excluding hydrogens is 173 g/mol. The second-order valence-electron chi connectivity index (χ2n) is 2.35. The van der Waals surface area contributed by atoms with Gasteiger partial charge in [0.05, 0.1) is 5.56 Å². The summed E-state index contributed by atoms with van der Waals surface area (Å²) < 4.78 is 4.11. The summed E-state index contributed by atoms with van der Waals surface area (Å²) in [5, 5.41) is 16.7. The molecule has 0 aliphatic rings. The summed E-state index contributed by atoms with van der Waals surface area (Å²) in [6.45, 7) is 0. The Morgan fingerprint density at radius 2 is 1.85 bits per heavy atom. The lowest BCUT2D eigenvalue weighted by Crippen LogP contribution is -2.21. The number of nitrogens with two attached hydrogens (primary N) is 1. The fourth-order valence-corrected chi connectivity index (χ4v) is 0.783. The summed E-state index contributed by atoms with van der Waals surface area (Å²) in [5.41, 5.74) is 6.10. The van der Waals surface area contributed by atoms with E-state index in [4.69, 9.17) is 15.8 Å². The highest BCUT2D eigenvalue weighted by atomic mass is 16.6. The normalized spacial score (nSPS) is 9.38. The summed E-state index contributed by atoms with van der Waals surface area (Å²) in [7, 11) is -2.09. The molecule has 0 heterocycles. The molecular formula is C7H8BNO4. The Balaban J connectivity index is 2.72. The third-order valence-electron chi connectivity index (χ3n) is 1.36. The SMILES string of the molecule is Nc1ccc(C(=O)OB(O)O)cc1. The van der Waals surface area contributed by atoms with Crippen LogP contribution >= 0.6 is 0 Å². The molecule has 13 heavy (non-hydrogen) atoms. The van der Waals surface area contributed by atoms with Crippen LogP contribution in [0.4, 0.5) is 5.69 Å². The van der Waals surface area contributed by atoms with Crippen LogP contribution < -0.4 is 5.73 Å². The molecule has 1 aromatic rings. The minimum Gasteiger partial charge on any atom is -0.481 e. The second-order valence-corrected chi connectivity index (χ2v) is 2.35. The third kappa shape index (κ3) is 2.77. The van der Waals surface area contributed by atoms with Crippen molar-refractivity contribution in [2.24, 2.45) is 0 Å². The van der Waals surface area contributed by atoms with E-state index in [2.05, 4.69) is 4.65 Å². The van der Waals surface area contributed by atoms with Gasteiger partial charge >= 0.3 is 13.3 Å². The smallest absolute Gasteiger partial charge is 0.481 e. The zero-order valence-corrected chi connectivity index (χ0v) is 6.68. The highest BCUT2D eigenvalue weighted by Gasteiger charge is 2.17. The number of rotatable bonds is 2. The van der Waals surface area contributed by atoms with Crippen molar-refractivity contribution in [2.45, 2.75) is 0 Å². The molecule has 0 spiro atoms. The summed E-state index contributed by atoms with van der Waals surface area (Å²) in [6, 6.07) is 5.89. The van der Waals surface area contributed by atoms with Crippen molar-refractivity contribution in [1.82, 2.24) is 0 Å².